The monoisotopic (exact) mass is 678 g/mol. The van der Waals surface area contributed by atoms with Crippen molar-refractivity contribution in [2.45, 2.75) is 0 Å². The predicted molar refractivity (Wildman–Crippen MR) is 217 cm³/mol. The lowest BCUT2D eigenvalue weighted by molar-refractivity contribution is 0.590. The average molecular weight is 679 g/mol. The van der Waals surface area contributed by atoms with Gasteiger partial charge in [-0.05, 0) is 76.7 Å². The van der Waals surface area contributed by atoms with Crippen molar-refractivity contribution in [1.29, 1.82) is 0 Å². The standard InChI is InChI=1S/C49H30N2O2/c1-3-11-33(12-4-1)49-50-46-42-30-29-37(40-17-10-19-43(45(40)42)48(46)53-49)31-21-25-35(26-22-31)51(34-13-5-2-6-14-34)36-27-23-32(24-28-36)38-16-9-18-41-39-15-7-8-20-44(39)52-47(38)41/h1-30H. The molecule has 248 valence electrons. The molecule has 0 saturated heterocycles. The number of furan rings is 1. The summed E-state index contributed by atoms with van der Waals surface area (Å²) in [6.07, 6.45) is 0. The third-order valence-electron chi connectivity index (χ3n) is 10.5. The Morgan fingerprint density at radius 3 is 1.72 bits per heavy atom. The highest BCUT2D eigenvalue weighted by Gasteiger charge is 2.29. The molecule has 0 amide bonds. The summed E-state index contributed by atoms with van der Waals surface area (Å²) in [5, 5.41) is 4.65. The van der Waals surface area contributed by atoms with E-state index in [2.05, 4.69) is 144 Å². The van der Waals surface area contributed by atoms with E-state index < -0.39 is 0 Å². The molecule has 1 aliphatic rings. The molecular weight excluding hydrogens is 649 g/mol. The maximum absolute atomic E-state index is 6.40. The van der Waals surface area contributed by atoms with E-state index in [1.54, 1.807) is 0 Å². The van der Waals surface area contributed by atoms with Crippen molar-refractivity contribution in [2.75, 3.05) is 4.90 Å². The highest BCUT2D eigenvalue weighted by Crippen LogP contribution is 2.50. The molecule has 0 spiro atoms. The Balaban J connectivity index is 0.953. The fraction of sp³-hybridized carbons (Fsp3) is 0. The number of nitrogens with zero attached hydrogens (tertiary/aromatic N) is 2. The number of benzene rings is 8. The molecule has 0 N–H and O–H groups in total. The minimum Gasteiger partial charge on any atom is -0.455 e. The van der Waals surface area contributed by atoms with E-state index in [1.807, 2.05) is 42.5 Å². The molecule has 0 saturated carbocycles. The molecule has 0 aliphatic heterocycles. The Labute approximate surface area is 305 Å². The van der Waals surface area contributed by atoms with Crippen LogP contribution in [0.2, 0.25) is 0 Å². The first-order valence-corrected chi connectivity index (χ1v) is 17.9. The Morgan fingerprint density at radius 2 is 0.962 bits per heavy atom. The van der Waals surface area contributed by atoms with Gasteiger partial charge in [0, 0.05) is 55.5 Å². The molecule has 2 aromatic heterocycles. The van der Waals surface area contributed by atoms with E-state index in [-0.39, 0.29) is 0 Å². The smallest absolute Gasteiger partial charge is 0.227 e. The van der Waals surface area contributed by atoms with Gasteiger partial charge in [-0.2, -0.15) is 0 Å². The normalized spacial score (nSPS) is 11.8. The van der Waals surface area contributed by atoms with Gasteiger partial charge in [0.1, 0.15) is 16.9 Å². The number of rotatable bonds is 6. The fourth-order valence-electron chi connectivity index (χ4n) is 8.01. The second kappa shape index (κ2) is 11.7. The second-order valence-electron chi connectivity index (χ2n) is 13.5. The van der Waals surface area contributed by atoms with Crippen molar-refractivity contribution in [3.8, 4) is 56.3 Å². The van der Waals surface area contributed by atoms with Crippen LogP contribution in [0.1, 0.15) is 0 Å². The second-order valence-corrected chi connectivity index (χ2v) is 13.5. The maximum atomic E-state index is 6.40. The zero-order valence-corrected chi connectivity index (χ0v) is 28.5. The SMILES string of the molecule is c1ccc(-c2nc3c(o2)-c2cccc4c(-c5ccc(N(c6ccccc6)c6ccc(-c7cccc8c7oc7ccccc78)cc6)cc5)ccc-3c24)cc1. The molecular formula is C49H30N2O2. The molecule has 8 aromatic carbocycles. The molecule has 53 heavy (non-hydrogen) atoms. The van der Waals surface area contributed by atoms with Crippen LogP contribution in [0.5, 0.6) is 0 Å². The van der Waals surface area contributed by atoms with Crippen LogP contribution in [-0.2, 0) is 0 Å². The molecule has 2 heterocycles. The summed E-state index contributed by atoms with van der Waals surface area (Å²) < 4.78 is 12.8. The summed E-state index contributed by atoms with van der Waals surface area (Å²) in [5.41, 5.74) is 13.7. The minimum absolute atomic E-state index is 0.652. The summed E-state index contributed by atoms with van der Waals surface area (Å²) in [5.74, 6) is 1.50. The topological polar surface area (TPSA) is 42.4 Å². The number of fused-ring (bicyclic) bond motifs is 6. The lowest BCUT2D eigenvalue weighted by Crippen LogP contribution is -2.09. The van der Waals surface area contributed by atoms with E-state index in [0.29, 0.717) is 5.89 Å². The van der Waals surface area contributed by atoms with Crippen LogP contribution in [-0.4, -0.2) is 4.98 Å². The third-order valence-corrected chi connectivity index (χ3v) is 10.5. The van der Waals surface area contributed by atoms with Gasteiger partial charge in [-0.3, -0.25) is 0 Å². The van der Waals surface area contributed by atoms with Gasteiger partial charge in [-0.25, -0.2) is 4.98 Å². The molecule has 11 rings (SSSR count). The molecule has 0 atom stereocenters. The first-order valence-electron chi connectivity index (χ1n) is 17.9. The number of hydrogen-bond acceptors (Lipinski definition) is 4. The molecule has 4 nitrogen and oxygen atoms in total. The van der Waals surface area contributed by atoms with Crippen molar-refractivity contribution in [3.05, 3.63) is 182 Å². The van der Waals surface area contributed by atoms with Crippen molar-refractivity contribution in [2.24, 2.45) is 0 Å². The summed E-state index contributed by atoms with van der Waals surface area (Å²) in [6.45, 7) is 0. The van der Waals surface area contributed by atoms with Crippen LogP contribution < -0.4 is 4.90 Å². The number of anilines is 3. The summed E-state index contributed by atoms with van der Waals surface area (Å²) >= 11 is 0. The number of oxazole rings is 1. The Morgan fingerprint density at radius 1 is 0.377 bits per heavy atom. The van der Waals surface area contributed by atoms with Gasteiger partial charge >= 0.3 is 0 Å². The fourth-order valence-corrected chi connectivity index (χ4v) is 8.01. The van der Waals surface area contributed by atoms with Crippen molar-refractivity contribution >= 4 is 49.8 Å². The van der Waals surface area contributed by atoms with Gasteiger partial charge in [0.25, 0.3) is 0 Å². The van der Waals surface area contributed by atoms with E-state index in [1.165, 1.54) is 16.3 Å². The summed E-state index contributed by atoms with van der Waals surface area (Å²) in [4.78, 5) is 7.26. The first kappa shape index (κ1) is 29.5. The van der Waals surface area contributed by atoms with E-state index in [4.69, 9.17) is 13.8 Å². The Bertz CT molecular complexity index is 2950. The average Bonchev–Trinajstić information content (AvgIpc) is 3.92. The molecule has 0 radical (unpaired) electrons. The summed E-state index contributed by atoms with van der Waals surface area (Å²) in [7, 11) is 0. The van der Waals surface area contributed by atoms with Gasteiger partial charge in [0.2, 0.25) is 5.89 Å². The highest BCUT2D eigenvalue weighted by molar-refractivity contribution is 6.17. The molecule has 0 unspecified atom stereocenters. The number of hydrogen-bond donors (Lipinski definition) is 0. The predicted octanol–water partition coefficient (Wildman–Crippen LogP) is 13.8. The molecule has 4 heteroatoms. The van der Waals surface area contributed by atoms with Crippen LogP contribution in [0.3, 0.4) is 0 Å². The highest BCUT2D eigenvalue weighted by atomic mass is 16.4. The van der Waals surface area contributed by atoms with E-state index in [9.17, 15) is 0 Å². The van der Waals surface area contributed by atoms with Crippen molar-refractivity contribution < 1.29 is 8.83 Å². The lowest BCUT2D eigenvalue weighted by atomic mass is 9.94. The van der Waals surface area contributed by atoms with Crippen molar-refractivity contribution in [3.63, 3.8) is 0 Å². The van der Waals surface area contributed by atoms with Gasteiger partial charge in [0.15, 0.2) is 5.76 Å². The van der Waals surface area contributed by atoms with Crippen LogP contribution in [0.15, 0.2) is 191 Å². The zero-order valence-electron chi connectivity index (χ0n) is 28.5. The van der Waals surface area contributed by atoms with E-state index in [0.717, 1.165) is 83.8 Å². The van der Waals surface area contributed by atoms with Crippen LogP contribution in [0.25, 0.3) is 89.0 Å². The molecule has 0 bridgehead atoms. The van der Waals surface area contributed by atoms with E-state index >= 15 is 0 Å². The van der Waals surface area contributed by atoms with Gasteiger partial charge in [-0.15, -0.1) is 0 Å². The number of para-hydroxylation sites is 3. The largest absolute Gasteiger partial charge is 0.455 e. The molecule has 1 aliphatic carbocycles. The van der Waals surface area contributed by atoms with Crippen LogP contribution in [0.4, 0.5) is 17.1 Å². The Kier molecular flexibility index (Phi) is 6.52. The Hall–Kier alpha value is -7.17. The molecule has 10 aromatic rings. The van der Waals surface area contributed by atoms with Gasteiger partial charge < -0.3 is 13.7 Å². The first-order chi connectivity index (χ1) is 26.3. The van der Waals surface area contributed by atoms with Gasteiger partial charge in [0.05, 0.1) is 0 Å². The quantitative estimate of drug-likeness (QED) is 0.176. The van der Waals surface area contributed by atoms with Crippen LogP contribution >= 0.6 is 0 Å². The third kappa shape index (κ3) is 4.66. The lowest BCUT2D eigenvalue weighted by Gasteiger charge is -2.26. The summed E-state index contributed by atoms with van der Waals surface area (Å²) in [6, 6.07) is 63.8. The minimum atomic E-state index is 0.652. The number of aromatic nitrogens is 1. The van der Waals surface area contributed by atoms with Gasteiger partial charge in [-0.1, -0.05) is 127 Å². The zero-order chi connectivity index (χ0) is 34.9. The maximum Gasteiger partial charge on any atom is 0.227 e. The molecule has 0 fully saturated rings. The van der Waals surface area contributed by atoms with Crippen molar-refractivity contribution in [1.82, 2.24) is 4.98 Å². The van der Waals surface area contributed by atoms with Crippen LogP contribution in [0, 0.1) is 0 Å².